The SMILES string of the molecule is Clc1ccc2c(c1)N(C1CCC1)CNS2. The molecule has 1 aromatic rings. The molecule has 0 atom stereocenters. The fraction of sp³-hybridized carbons (Fsp3) is 0.455. The summed E-state index contributed by atoms with van der Waals surface area (Å²) < 4.78 is 3.36. The Hall–Kier alpha value is -0.380. The topological polar surface area (TPSA) is 15.3 Å². The van der Waals surface area contributed by atoms with Gasteiger partial charge in [0.25, 0.3) is 0 Å². The molecule has 0 saturated heterocycles. The molecule has 1 heterocycles. The van der Waals surface area contributed by atoms with E-state index in [9.17, 15) is 0 Å². The highest BCUT2D eigenvalue weighted by molar-refractivity contribution is 7.97. The molecule has 1 aliphatic carbocycles. The van der Waals surface area contributed by atoms with E-state index in [2.05, 4.69) is 21.8 Å². The van der Waals surface area contributed by atoms with Crippen molar-refractivity contribution < 1.29 is 0 Å². The maximum Gasteiger partial charge on any atom is 0.0781 e. The average molecular weight is 241 g/mol. The van der Waals surface area contributed by atoms with Crippen LogP contribution in [0.3, 0.4) is 0 Å². The zero-order valence-corrected chi connectivity index (χ0v) is 9.94. The number of nitrogens with one attached hydrogen (secondary N) is 1. The van der Waals surface area contributed by atoms with Crippen LogP contribution in [-0.4, -0.2) is 12.7 Å². The quantitative estimate of drug-likeness (QED) is 0.759. The van der Waals surface area contributed by atoms with E-state index in [4.69, 9.17) is 11.6 Å². The molecular formula is C11H13ClN2S. The lowest BCUT2D eigenvalue weighted by molar-refractivity contribution is 0.383. The highest BCUT2D eigenvalue weighted by atomic mass is 35.5. The van der Waals surface area contributed by atoms with Gasteiger partial charge in [-0.2, -0.15) is 0 Å². The molecule has 80 valence electrons. The van der Waals surface area contributed by atoms with Gasteiger partial charge in [0.15, 0.2) is 0 Å². The van der Waals surface area contributed by atoms with Crippen molar-refractivity contribution in [1.82, 2.24) is 4.72 Å². The van der Waals surface area contributed by atoms with Gasteiger partial charge >= 0.3 is 0 Å². The Morgan fingerprint density at radius 2 is 2.27 bits per heavy atom. The number of hydrogen-bond donors (Lipinski definition) is 1. The molecule has 0 amide bonds. The zero-order valence-electron chi connectivity index (χ0n) is 8.37. The van der Waals surface area contributed by atoms with Crippen LogP contribution in [0.2, 0.25) is 5.02 Å². The first-order valence-corrected chi connectivity index (χ1v) is 6.50. The van der Waals surface area contributed by atoms with Crippen molar-refractivity contribution in [3.8, 4) is 0 Å². The zero-order chi connectivity index (χ0) is 10.3. The van der Waals surface area contributed by atoms with Crippen molar-refractivity contribution >= 4 is 29.2 Å². The maximum absolute atomic E-state index is 6.05. The van der Waals surface area contributed by atoms with Gasteiger partial charge in [0.05, 0.1) is 12.4 Å². The summed E-state index contributed by atoms with van der Waals surface area (Å²) in [7, 11) is 0. The fourth-order valence-corrected chi connectivity index (χ4v) is 3.03. The van der Waals surface area contributed by atoms with Crippen molar-refractivity contribution in [1.29, 1.82) is 0 Å². The predicted molar refractivity (Wildman–Crippen MR) is 65.4 cm³/mol. The van der Waals surface area contributed by atoms with E-state index < -0.39 is 0 Å². The molecule has 1 N–H and O–H groups in total. The van der Waals surface area contributed by atoms with Gasteiger partial charge < -0.3 is 4.90 Å². The number of anilines is 1. The van der Waals surface area contributed by atoms with Crippen LogP contribution in [0.5, 0.6) is 0 Å². The fourth-order valence-electron chi connectivity index (χ4n) is 2.09. The average Bonchev–Trinajstić information content (AvgIpc) is 2.16. The molecule has 0 aromatic heterocycles. The first-order valence-electron chi connectivity index (χ1n) is 5.30. The van der Waals surface area contributed by atoms with Gasteiger partial charge in [-0.3, -0.25) is 0 Å². The van der Waals surface area contributed by atoms with E-state index in [1.165, 1.54) is 29.8 Å². The molecule has 0 unspecified atom stereocenters. The number of benzene rings is 1. The van der Waals surface area contributed by atoms with Crippen LogP contribution in [0, 0.1) is 0 Å². The summed E-state index contributed by atoms with van der Waals surface area (Å²) >= 11 is 7.75. The molecule has 0 bridgehead atoms. The van der Waals surface area contributed by atoms with Gasteiger partial charge in [0.2, 0.25) is 0 Å². The third kappa shape index (κ3) is 1.73. The van der Waals surface area contributed by atoms with Gasteiger partial charge in [-0.25, -0.2) is 4.72 Å². The number of nitrogens with zero attached hydrogens (tertiary/aromatic N) is 1. The van der Waals surface area contributed by atoms with Crippen molar-refractivity contribution in [2.24, 2.45) is 0 Å². The van der Waals surface area contributed by atoms with E-state index in [-0.39, 0.29) is 0 Å². The Kier molecular flexibility index (Phi) is 2.54. The molecule has 1 aromatic carbocycles. The van der Waals surface area contributed by atoms with E-state index >= 15 is 0 Å². The minimum atomic E-state index is 0.718. The summed E-state index contributed by atoms with van der Waals surface area (Å²) in [4.78, 5) is 3.74. The Morgan fingerprint density at radius 3 is 3.00 bits per heavy atom. The van der Waals surface area contributed by atoms with Crippen molar-refractivity contribution in [2.45, 2.75) is 30.2 Å². The second-order valence-corrected chi connectivity index (χ2v) is 5.44. The summed E-state index contributed by atoms with van der Waals surface area (Å²) in [6, 6.07) is 6.86. The van der Waals surface area contributed by atoms with E-state index in [0.29, 0.717) is 0 Å². The van der Waals surface area contributed by atoms with Crippen LogP contribution in [0.1, 0.15) is 19.3 Å². The molecule has 2 nitrogen and oxygen atoms in total. The molecule has 1 saturated carbocycles. The minimum Gasteiger partial charge on any atom is -0.354 e. The standard InChI is InChI=1S/C11H13ClN2S/c12-8-4-5-11-10(6-8)14(7-13-15-11)9-2-1-3-9/h4-6,9,13H,1-3,7H2. The van der Waals surface area contributed by atoms with Crippen LogP contribution >= 0.6 is 23.5 Å². The van der Waals surface area contributed by atoms with Gasteiger partial charge in [-0.05, 0) is 49.4 Å². The van der Waals surface area contributed by atoms with Gasteiger partial charge in [0.1, 0.15) is 0 Å². The molecule has 2 aliphatic rings. The van der Waals surface area contributed by atoms with Crippen LogP contribution in [0.4, 0.5) is 5.69 Å². The lowest BCUT2D eigenvalue weighted by atomic mass is 9.91. The highest BCUT2D eigenvalue weighted by Crippen LogP contribution is 2.38. The van der Waals surface area contributed by atoms with Gasteiger partial charge in [-0.1, -0.05) is 11.6 Å². The Labute approximate surface area is 99.1 Å². The second-order valence-electron chi connectivity index (χ2n) is 4.07. The second kappa shape index (κ2) is 3.89. The van der Waals surface area contributed by atoms with Crippen LogP contribution in [0.15, 0.2) is 23.1 Å². The van der Waals surface area contributed by atoms with E-state index in [1.807, 2.05) is 6.07 Å². The van der Waals surface area contributed by atoms with Crippen LogP contribution in [0.25, 0.3) is 0 Å². The summed E-state index contributed by atoms with van der Waals surface area (Å²) in [6.07, 6.45) is 4.00. The third-order valence-electron chi connectivity index (χ3n) is 3.16. The van der Waals surface area contributed by atoms with Crippen molar-refractivity contribution in [3.63, 3.8) is 0 Å². The first kappa shape index (κ1) is 9.82. The summed E-state index contributed by atoms with van der Waals surface area (Å²) in [6.45, 7) is 0.933. The summed E-state index contributed by atoms with van der Waals surface area (Å²) in [5.41, 5.74) is 1.30. The Bertz CT molecular complexity index is 379. The minimum absolute atomic E-state index is 0.718. The van der Waals surface area contributed by atoms with Gasteiger partial charge in [0, 0.05) is 16.0 Å². The Morgan fingerprint density at radius 1 is 1.40 bits per heavy atom. The molecular weight excluding hydrogens is 228 g/mol. The van der Waals surface area contributed by atoms with Crippen molar-refractivity contribution in [2.75, 3.05) is 11.6 Å². The monoisotopic (exact) mass is 240 g/mol. The predicted octanol–water partition coefficient (Wildman–Crippen LogP) is 3.27. The third-order valence-corrected chi connectivity index (χ3v) is 4.24. The number of hydrogen-bond acceptors (Lipinski definition) is 3. The van der Waals surface area contributed by atoms with Crippen molar-refractivity contribution in [3.05, 3.63) is 23.2 Å². The molecule has 3 rings (SSSR count). The Balaban J connectivity index is 1.96. The van der Waals surface area contributed by atoms with Gasteiger partial charge in [-0.15, -0.1) is 0 Å². The normalized spacial score (nSPS) is 21.0. The number of fused-ring (bicyclic) bond motifs is 1. The number of rotatable bonds is 1. The lowest BCUT2D eigenvalue weighted by Gasteiger charge is -2.42. The lowest BCUT2D eigenvalue weighted by Crippen LogP contribution is -2.46. The largest absolute Gasteiger partial charge is 0.354 e. The molecule has 4 heteroatoms. The first-order chi connectivity index (χ1) is 7.34. The highest BCUT2D eigenvalue weighted by Gasteiger charge is 2.28. The van der Waals surface area contributed by atoms with E-state index in [0.717, 1.165) is 17.7 Å². The summed E-state index contributed by atoms with van der Waals surface area (Å²) in [5, 5.41) is 0.834. The molecule has 15 heavy (non-hydrogen) atoms. The van der Waals surface area contributed by atoms with Crippen LogP contribution in [-0.2, 0) is 0 Å². The maximum atomic E-state index is 6.05. The molecule has 0 radical (unpaired) electrons. The molecule has 1 aliphatic heterocycles. The molecule has 0 spiro atoms. The van der Waals surface area contributed by atoms with E-state index in [1.54, 1.807) is 11.9 Å². The smallest absolute Gasteiger partial charge is 0.0781 e. The molecule has 1 fully saturated rings. The number of halogens is 1. The van der Waals surface area contributed by atoms with Crippen LogP contribution < -0.4 is 9.62 Å². The summed E-state index contributed by atoms with van der Waals surface area (Å²) in [5.74, 6) is 0.